The van der Waals surface area contributed by atoms with E-state index in [1.54, 1.807) is 0 Å². The van der Waals surface area contributed by atoms with Gasteiger partial charge in [0, 0.05) is 33.3 Å². The lowest BCUT2D eigenvalue weighted by atomic mass is 9.85. The van der Waals surface area contributed by atoms with E-state index in [1.165, 1.54) is 32.1 Å². The fourth-order valence-corrected chi connectivity index (χ4v) is 3.68. The van der Waals surface area contributed by atoms with Gasteiger partial charge in [0.2, 0.25) is 0 Å². The average molecular weight is 323 g/mol. The van der Waals surface area contributed by atoms with Crippen molar-refractivity contribution < 1.29 is 9.47 Å². The normalized spacial score (nSPS) is 27.8. The molecule has 2 saturated heterocycles. The standard InChI is InChI=1S/C18H33N3O2/c1-19-18(20-13-15-5-4-6-15)21-10-8-16(9-11-21)23-14-17-7-2-3-12-22-17/h15-17H,2-14H2,1H3,(H,19,20). The Bertz CT molecular complexity index is 370. The number of hydrogen-bond acceptors (Lipinski definition) is 3. The van der Waals surface area contributed by atoms with Gasteiger partial charge in [-0.3, -0.25) is 4.99 Å². The third kappa shape index (κ3) is 5.08. The summed E-state index contributed by atoms with van der Waals surface area (Å²) in [6.45, 7) is 4.86. The molecule has 1 N–H and O–H groups in total. The average Bonchev–Trinajstić information content (AvgIpc) is 2.57. The first kappa shape index (κ1) is 17.0. The SMILES string of the molecule is CN=C(NCC1CCC1)N1CCC(OCC2CCCCO2)CC1. The zero-order valence-electron chi connectivity index (χ0n) is 14.6. The van der Waals surface area contributed by atoms with Gasteiger partial charge in [-0.2, -0.15) is 0 Å². The number of aliphatic imine (C=N–C) groups is 1. The van der Waals surface area contributed by atoms with Crippen molar-refractivity contribution in [3.05, 3.63) is 0 Å². The Balaban J connectivity index is 1.33. The summed E-state index contributed by atoms with van der Waals surface area (Å²) in [6.07, 6.45) is 10.7. The Morgan fingerprint density at radius 1 is 1.13 bits per heavy atom. The first-order valence-corrected chi connectivity index (χ1v) is 9.54. The Morgan fingerprint density at radius 3 is 2.57 bits per heavy atom. The molecule has 1 aliphatic carbocycles. The summed E-state index contributed by atoms with van der Waals surface area (Å²) in [5.74, 6) is 1.94. The molecule has 1 atom stereocenters. The molecule has 3 fully saturated rings. The highest BCUT2D eigenvalue weighted by atomic mass is 16.5. The van der Waals surface area contributed by atoms with E-state index in [0.717, 1.165) is 64.0 Å². The molecule has 0 aromatic carbocycles. The number of hydrogen-bond donors (Lipinski definition) is 1. The lowest BCUT2D eigenvalue weighted by molar-refractivity contribution is -0.0721. The number of nitrogens with zero attached hydrogens (tertiary/aromatic N) is 2. The maximum atomic E-state index is 6.10. The van der Waals surface area contributed by atoms with Gasteiger partial charge in [-0.15, -0.1) is 0 Å². The van der Waals surface area contributed by atoms with Crippen molar-refractivity contribution in [1.29, 1.82) is 0 Å². The van der Waals surface area contributed by atoms with Crippen molar-refractivity contribution in [3.8, 4) is 0 Å². The van der Waals surface area contributed by atoms with Crippen LogP contribution in [0.2, 0.25) is 0 Å². The summed E-state index contributed by atoms with van der Waals surface area (Å²) in [6, 6.07) is 0. The van der Waals surface area contributed by atoms with Crippen LogP contribution in [-0.4, -0.2) is 63.0 Å². The fraction of sp³-hybridized carbons (Fsp3) is 0.944. The van der Waals surface area contributed by atoms with E-state index < -0.39 is 0 Å². The van der Waals surface area contributed by atoms with Crippen molar-refractivity contribution in [1.82, 2.24) is 10.2 Å². The second kappa shape index (κ2) is 8.88. The first-order valence-electron chi connectivity index (χ1n) is 9.54. The second-order valence-corrected chi connectivity index (χ2v) is 7.23. The predicted octanol–water partition coefficient (Wildman–Crippen LogP) is 2.41. The first-order chi connectivity index (χ1) is 11.3. The van der Waals surface area contributed by atoms with E-state index in [9.17, 15) is 0 Å². The minimum absolute atomic E-state index is 0.332. The van der Waals surface area contributed by atoms with Crippen molar-refractivity contribution in [3.63, 3.8) is 0 Å². The molecule has 0 bridgehead atoms. The van der Waals surface area contributed by atoms with E-state index in [1.807, 2.05) is 7.05 Å². The van der Waals surface area contributed by atoms with Crippen molar-refractivity contribution >= 4 is 5.96 Å². The van der Waals surface area contributed by atoms with Crippen LogP contribution >= 0.6 is 0 Å². The number of nitrogens with one attached hydrogen (secondary N) is 1. The van der Waals surface area contributed by atoms with Gasteiger partial charge in [0.15, 0.2) is 5.96 Å². The highest BCUT2D eigenvalue weighted by Crippen LogP contribution is 2.25. The highest BCUT2D eigenvalue weighted by Gasteiger charge is 2.24. The van der Waals surface area contributed by atoms with Gasteiger partial charge in [0.25, 0.3) is 0 Å². The third-order valence-electron chi connectivity index (χ3n) is 5.52. The van der Waals surface area contributed by atoms with Crippen LogP contribution in [0.15, 0.2) is 4.99 Å². The molecular weight excluding hydrogens is 290 g/mol. The van der Waals surface area contributed by atoms with Crippen molar-refractivity contribution in [2.75, 3.05) is 39.9 Å². The largest absolute Gasteiger partial charge is 0.376 e. The highest BCUT2D eigenvalue weighted by molar-refractivity contribution is 5.79. The van der Waals surface area contributed by atoms with Gasteiger partial charge >= 0.3 is 0 Å². The van der Waals surface area contributed by atoms with Crippen LogP contribution in [0.25, 0.3) is 0 Å². The van der Waals surface area contributed by atoms with Crippen molar-refractivity contribution in [2.45, 2.75) is 63.6 Å². The molecular formula is C18H33N3O2. The lowest BCUT2D eigenvalue weighted by Gasteiger charge is -2.36. The van der Waals surface area contributed by atoms with Crippen LogP contribution in [-0.2, 0) is 9.47 Å². The summed E-state index contributed by atoms with van der Waals surface area (Å²) in [5, 5.41) is 3.55. The smallest absolute Gasteiger partial charge is 0.193 e. The van der Waals surface area contributed by atoms with Gasteiger partial charge in [-0.05, 0) is 50.9 Å². The number of guanidine groups is 1. The molecule has 3 aliphatic rings. The summed E-state index contributed by atoms with van der Waals surface area (Å²) < 4.78 is 11.8. The Hall–Kier alpha value is -0.810. The molecule has 1 saturated carbocycles. The van der Waals surface area contributed by atoms with Crippen molar-refractivity contribution in [2.24, 2.45) is 10.9 Å². The van der Waals surface area contributed by atoms with Gasteiger partial charge in [0.1, 0.15) is 0 Å². The van der Waals surface area contributed by atoms with Crippen LogP contribution < -0.4 is 5.32 Å². The van der Waals surface area contributed by atoms with Gasteiger partial charge < -0.3 is 19.7 Å². The minimum atomic E-state index is 0.332. The lowest BCUT2D eigenvalue weighted by Crippen LogP contribution is -2.48. The fourth-order valence-electron chi connectivity index (χ4n) is 3.68. The maximum Gasteiger partial charge on any atom is 0.193 e. The zero-order valence-corrected chi connectivity index (χ0v) is 14.6. The minimum Gasteiger partial charge on any atom is -0.376 e. The summed E-state index contributed by atoms with van der Waals surface area (Å²) >= 11 is 0. The van der Waals surface area contributed by atoms with E-state index >= 15 is 0 Å². The van der Waals surface area contributed by atoms with Gasteiger partial charge in [-0.25, -0.2) is 0 Å². The van der Waals surface area contributed by atoms with Gasteiger partial charge in [0.05, 0.1) is 18.8 Å². The third-order valence-corrected chi connectivity index (χ3v) is 5.52. The molecule has 0 aromatic heterocycles. The predicted molar refractivity (Wildman–Crippen MR) is 92.8 cm³/mol. The molecule has 23 heavy (non-hydrogen) atoms. The Labute approximate surface area is 140 Å². The molecule has 0 aromatic rings. The molecule has 0 spiro atoms. The molecule has 132 valence electrons. The van der Waals surface area contributed by atoms with E-state index in [4.69, 9.17) is 9.47 Å². The van der Waals surface area contributed by atoms with E-state index in [2.05, 4.69) is 15.2 Å². The van der Waals surface area contributed by atoms with Gasteiger partial charge in [-0.1, -0.05) is 6.42 Å². The molecule has 0 amide bonds. The molecule has 5 nitrogen and oxygen atoms in total. The van der Waals surface area contributed by atoms with E-state index in [0.29, 0.717) is 12.2 Å². The number of ether oxygens (including phenoxy) is 2. The van der Waals surface area contributed by atoms with E-state index in [-0.39, 0.29) is 0 Å². The summed E-state index contributed by atoms with van der Waals surface area (Å²) in [4.78, 5) is 6.84. The molecule has 5 heteroatoms. The Kier molecular flexibility index (Phi) is 6.57. The summed E-state index contributed by atoms with van der Waals surface area (Å²) in [5.41, 5.74) is 0. The molecule has 2 aliphatic heterocycles. The maximum absolute atomic E-state index is 6.10. The second-order valence-electron chi connectivity index (χ2n) is 7.23. The monoisotopic (exact) mass is 323 g/mol. The zero-order chi connectivity index (χ0) is 15.9. The number of rotatable bonds is 5. The topological polar surface area (TPSA) is 46.1 Å². The molecule has 1 unspecified atom stereocenters. The van der Waals surface area contributed by atoms with Crippen LogP contribution in [0.1, 0.15) is 51.4 Å². The molecule has 2 heterocycles. The van der Waals surface area contributed by atoms with Crippen LogP contribution in [0.4, 0.5) is 0 Å². The summed E-state index contributed by atoms with van der Waals surface area (Å²) in [7, 11) is 1.89. The van der Waals surface area contributed by atoms with Crippen LogP contribution in [0.5, 0.6) is 0 Å². The molecule has 0 radical (unpaired) electrons. The number of piperidine rings is 1. The van der Waals surface area contributed by atoms with Crippen LogP contribution in [0.3, 0.4) is 0 Å². The van der Waals surface area contributed by atoms with Crippen LogP contribution in [0, 0.1) is 5.92 Å². The molecule has 3 rings (SSSR count). The number of likely N-dealkylation sites (tertiary alicyclic amines) is 1. The quantitative estimate of drug-likeness (QED) is 0.623. The Morgan fingerprint density at radius 2 is 1.96 bits per heavy atom.